The topological polar surface area (TPSA) is 125 Å². The first-order valence-electron chi connectivity index (χ1n) is 18.2. The van der Waals surface area contributed by atoms with Gasteiger partial charge in [-0.1, -0.05) is 96.0 Å². The minimum atomic E-state index is -1.27. The highest BCUT2D eigenvalue weighted by atomic mass is 79.9. The normalized spacial score (nSPS) is 13.2. The summed E-state index contributed by atoms with van der Waals surface area (Å²) in [4.78, 5) is 56.7. The monoisotopic (exact) mass is 871 g/mol. The summed E-state index contributed by atoms with van der Waals surface area (Å²) in [5.41, 5.74) is 4.44. The second kappa shape index (κ2) is 18.8. The maximum absolute atomic E-state index is 14.0. The Morgan fingerprint density at radius 1 is 0.825 bits per heavy atom. The predicted molar refractivity (Wildman–Crippen MR) is 223 cm³/mol. The molecule has 0 spiro atoms. The van der Waals surface area contributed by atoms with Crippen LogP contribution < -0.4 is 14.8 Å². The maximum Gasteiger partial charge on any atom is 0.261 e. The van der Waals surface area contributed by atoms with E-state index >= 15 is 0 Å². The summed E-state index contributed by atoms with van der Waals surface area (Å²) in [6, 6.07) is 31.6. The summed E-state index contributed by atoms with van der Waals surface area (Å²) in [6.45, 7) is -0.208. The summed E-state index contributed by atoms with van der Waals surface area (Å²) in [5, 5.41) is 15.9. The predicted octanol–water partition coefficient (Wildman–Crippen LogP) is 7.90. The van der Waals surface area contributed by atoms with Crippen molar-refractivity contribution in [3.8, 4) is 22.6 Å². The van der Waals surface area contributed by atoms with Gasteiger partial charge in [0.1, 0.15) is 0 Å². The van der Waals surface area contributed by atoms with Gasteiger partial charge < -0.3 is 24.8 Å². The number of methoxy groups -OCH3 is 2. The van der Waals surface area contributed by atoms with Gasteiger partial charge in [0.15, 0.2) is 11.5 Å². The molecule has 0 bridgehead atoms. The number of benzene rings is 5. The van der Waals surface area contributed by atoms with Gasteiger partial charge in [0.05, 0.1) is 43.1 Å². The Bertz CT molecular complexity index is 2240. The third-order valence-corrected chi connectivity index (χ3v) is 11.1. The SMILES string of the molecule is COc1cc(Br)c(C(=O)N[C@@H](Cc2ccc(-c3ccccc3)cc2)[C@@H](O)CN(CCc2ccc(Cl)cc2Cl)C(=O)CCN2C(=O)c3ccccc3C2=O)cc1OC. The number of aliphatic hydroxyl groups excluding tert-OH is 1. The molecule has 5 aromatic carbocycles. The van der Waals surface area contributed by atoms with E-state index in [1.165, 1.54) is 19.1 Å². The molecule has 5 aromatic rings. The van der Waals surface area contributed by atoms with Gasteiger partial charge in [-0.15, -0.1) is 0 Å². The zero-order valence-electron chi connectivity index (χ0n) is 31.2. The second-order valence-electron chi connectivity index (χ2n) is 13.5. The molecule has 0 unspecified atom stereocenters. The maximum atomic E-state index is 14.0. The number of amides is 4. The van der Waals surface area contributed by atoms with E-state index in [9.17, 15) is 24.3 Å². The van der Waals surface area contributed by atoms with E-state index in [-0.39, 0.29) is 49.2 Å². The number of carbonyl (C=O) groups excluding carboxylic acids is 4. The Morgan fingerprint density at radius 2 is 1.44 bits per heavy atom. The lowest BCUT2D eigenvalue weighted by atomic mass is 9.97. The van der Waals surface area contributed by atoms with Crippen molar-refractivity contribution in [2.24, 2.45) is 0 Å². The Morgan fingerprint density at radius 3 is 2.07 bits per heavy atom. The van der Waals surface area contributed by atoms with Crippen LogP contribution in [0.15, 0.2) is 114 Å². The minimum absolute atomic E-state index is 0.132. The van der Waals surface area contributed by atoms with Gasteiger partial charge in [0, 0.05) is 40.6 Å². The van der Waals surface area contributed by atoms with Crippen LogP contribution in [0.3, 0.4) is 0 Å². The first kappa shape index (κ1) is 41.4. The zero-order chi connectivity index (χ0) is 40.6. The van der Waals surface area contributed by atoms with Crippen LogP contribution in [-0.4, -0.2) is 84.5 Å². The molecular formula is C44H40BrCl2N3O7. The van der Waals surface area contributed by atoms with E-state index in [0.29, 0.717) is 32.4 Å². The second-order valence-corrected chi connectivity index (χ2v) is 15.2. The average molecular weight is 874 g/mol. The van der Waals surface area contributed by atoms with Crippen LogP contribution in [0.1, 0.15) is 48.6 Å². The third-order valence-electron chi connectivity index (χ3n) is 9.87. The van der Waals surface area contributed by atoms with Crippen LogP contribution in [0.5, 0.6) is 11.5 Å². The van der Waals surface area contributed by atoms with Crippen molar-refractivity contribution in [1.29, 1.82) is 0 Å². The molecule has 0 fully saturated rings. The number of imide groups is 1. The Labute approximate surface area is 349 Å². The molecule has 2 atom stereocenters. The highest BCUT2D eigenvalue weighted by Gasteiger charge is 2.36. The van der Waals surface area contributed by atoms with Gasteiger partial charge in [0.2, 0.25) is 5.91 Å². The van der Waals surface area contributed by atoms with Crippen molar-refractivity contribution in [1.82, 2.24) is 15.1 Å². The zero-order valence-corrected chi connectivity index (χ0v) is 34.3. The minimum Gasteiger partial charge on any atom is -0.493 e. The van der Waals surface area contributed by atoms with Gasteiger partial charge in [-0.3, -0.25) is 24.1 Å². The van der Waals surface area contributed by atoms with E-state index in [1.807, 2.05) is 54.6 Å². The molecule has 13 heteroatoms. The van der Waals surface area contributed by atoms with Crippen LogP contribution in [0.4, 0.5) is 0 Å². The van der Waals surface area contributed by atoms with Crippen molar-refractivity contribution >= 4 is 62.8 Å². The van der Waals surface area contributed by atoms with Crippen LogP contribution in [-0.2, 0) is 17.6 Å². The first-order chi connectivity index (χ1) is 27.5. The molecule has 4 amide bonds. The molecule has 0 saturated carbocycles. The smallest absolute Gasteiger partial charge is 0.261 e. The molecule has 57 heavy (non-hydrogen) atoms. The van der Waals surface area contributed by atoms with Crippen molar-refractivity contribution < 1.29 is 33.8 Å². The molecule has 6 rings (SSSR count). The first-order valence-corrected chi connectivity index (χ1v) is 19.7. The molecule has 0 aromatic heterocycles. The number of nitrogens with zero attached hydrogens (tertiary/aromatic N) is 2. The van der Waals surface area contributed by atoms with Crippen LogP contribution in [0.25, 0.3) is 11.1 Å². The van der Waals surface area contributed by atoms with Gasteiger partial charge in [-0.2, -0.15) is 0 Å². The number of fused-ring (bicyclic) bond motifs is 1. The summed E-state index contributed by atoms with van der Waals surface area (Å²) in [6.07, 6.45) is -0.931. The molecule has 10 nitrogen and oxygen atoms in total. The van der Waals surface area contributed by atoms with Crippen molar-refractivity contribution in [3.05, 3.63) is 152 Å². The lowest BCUT2D eigenvalue weighted by Gasteiger charge is -2.31. The molecule has 2 N–H and O–H groups in total. The number of hydrogen-bond donors (Lipinski definition) is 2. The lowest BCUT2D eigenvalue weighted by molar-refractivity contribution is -0.133. The van der Waals surface area contributed by atoms with E-state index in [2.05, 4.69) is 21.2 Å². The summed E-state index contributed by atoms with van der Waals surface area (Å²) in [7, 11) is 2.96. The highest BCUT2D eigenvalue weighted by Crippen LogP contribution is 2.33. The van der Waals surface area contributed by atoms with Gasteiger partial charge in [0.25, 0.3) is 17.7 Å². The quantitative estimate of drug-likeness (QED) is 0.0967. The largest absolute Gasteiger partial charge is 0.493 e. The van der Waals surface area contributed by atoms with E-state index in [0.717, 1.165) is 27.2 Å². The number of carbonyl (C=O) groups is 4. The number of halogens is 3. The number of aliphatic hydroxyl groups is 1. The Hall–Kier alpha value is -5.20. The van der Waals surface area contributed by atoms with Crippen molar-refractivity contribution in [2.75, 3.05) is 33.9 Å². The van der Waals surface area contributed by atoms with Crippen LogP contribution in [0, 0.1) is 0 Å². The Kier molecular flexibility index (Phi) is 13.7. The average Bonchev–Trinajstić information content (AvgIpc) is 3.46. The number of nitrogens with one attached hydrogen (secondary N) is 1. The fraction of sp³-hybridized carbons (Fsp3) is 0.227. The van der Waals surface area contributed by atoms with Crippen LogP contribution >= 0.6 is 39.1 Å². The third kappa shape index (κ3) is 9.85. The fourth-order valence-corrected chi connectivity index (χ4v) is 7.74. The molecule has 1 heterocycles. The van der Waals surface area contributed by atoms with E-state index in [4.69, 9.17) is 32.7 Å². The van der Waals surface area contributed by atoms with Crippen molar-refractivity contribution in [3.63, 3.8) is 0 Å². The number of rotatable bonds is 16. The molecule has 1 aliphatic heterocycles. The molecule has 0 saturated heterocycles. The Balaban J connectivity index is 1.26. The van der Waals surface area contributed by atoms with Gasteiger partial charge in [-0.25, -0.2) is 0 Å². The standard InChI is InChI=1S/C44H40BrCl2N3O7/c1-56-39-24-34(35(45)25-40(39)57-2)42(53)48-37(22-27-12-14-29(15-13-27)28-8-4-3-5-9-28)38(51)26-49(20-18-30-16-17-31(46)23-36(30)47)41(52)19-21-50-43(54)32-10-6-7-11-33(32)44(50)55/h3-17,23-25,37-38,51H,18-22,26H2,1-2H3,(H,48,53)/t37-,38-/m0/s1. The molecular weight excluding hydrogens is 833 g/mol. The molecule has 0 aliphatic carbocycles. The van der Waals surface area contributed by atoms with Gasteiger partial charge in [-0.05, 0) is 87.4 Å². The van der Waals surface area contributed by atoms with Crippen molar-refractivity contribution in [2.45, 2.75) is 31.4 Å². The fourth-order valence-electron chi connectivity index (χ4n) is 6.73. The highest BCUT2D eigenvalue weighted by molar-refractivity contribution is 9.10. The number of ether oxygens (including phenoxy) is 2. The number of hydrogen-bond acceptors (Lipinski definition) is 7. The lowest BCUT2D eigenvalue weighted by Crippen LogP contribution is -2.51. The molecule has 294 valence electrons. The van der Waals surface area contributed by atoms with Crippen LogP contribution in [0.2, 0.25) is 10.0 Å². The summed E-state index contributed by atoms with van der Waals surface area (Å²) >= 11 is 16.1. The summed E-state index contributed by atoms with van der Waals surface area (Å²) < 4.78 is 11.3. The molecule has 0 radical (unpaired) electrons. The van der Waals surface area contributed by atoms with E-state index < -0.39 is 35.8 Å². The van der Waals surface area contributed by atoms with E-state index in [1.54, 1.807) is 54.6 Å². The van der Waals surface area contributed by atoms with Gasteiger partial charge >= 0.3 is 0 Å². The molecule has 1 aliphatic rings. The summed E-state index contributed by atoms with van der Waals surface area (Å²) in [5.74, 6) is -1.07.